The fourth-order valence-electron chi connectivity index (χ4n) is 6.68. The minimum atomic E-state index is 1.17. The molecule has 0 aliphatic carbocycles. The number of nitrogens with zero attached hydrogens (tertiary/aromatic N) is 2. The summed E-state index contributed by atoms with van der Waals surface area (Å²) in [5.41, 5.74) is 12.1. The summed E-state index contributed by atoms with van der Waals surface area (Å²) in [7, 11) is 0. The van der Waals surface area contributed by atoms with Gasteiger partial charge in [0.2, 0.25) is 0 Å². The van der Waals surface area contributed by atoms with E-state index in [-0.39, 0.29) is 0 Å². The summed E-state index contributed by atoms with van der Waals surface area (Å²) >= 11 is 1.85. The lowest BCUT2D eigenvalue weighted by Gasteiger charge is -2.33. The normalized spacial score (nSPS) is 12.3. The van der Waals surface area contributed by atoms with Gasteiger partial charge in [-0.25, -0.2) is 0 Å². The van der Waals surface area contributed by atoms with E-state index in [4.69, 9.17) is 0 Å². The molecule has 0 spiro atoms. The highest BCUT2D eigenvalue weighted by atomic mass is 32.2. The molecule has 0 bridgehead atoms. The molecule has 0 fully saturated rings. The zero-order chi connectivity index (χ0) is 29.7. The van der Waals surface area contributed by atoms with Gasteiger partial charge in [0, 0.05) is 31.9 Å². The molecule has 3 heteroatoms. The van der Waals surface area contributed by atoms with E-state index in [9.17, 15) is 0 Å². The molecule has 8 aromatic rings. The number of aromatic nitrogens is 1. The van der Waals surface area contributed by atoms with Crippen molar-refractivity contribution in [3.05, 3.63) is 170 Å². The monoisotopic (exact) mass is 592 g/mol. The molecular formula is C42H28N2S. The summed E-state index contributed by atoms with van der Waals surface area (Å²) in [6.45, 7) is 0. The average Bonchev–Trinajstić information content (AvgIpc) is 3.45. The molecule has 0 saturated heterocycles. The smallest absolute Gasteiger partial charge is 0.0602 e. The van der Waals surface area contributed by atoms with Crippen LogP contribution in [-0.2, 0) is 0 Å². The lowest BCUT2D eigenvalue weighted by Crippen LogP contribution is -2.14. The van der Waals surface area contributed by atoms with Crippen molar-refractivity contribution in [2.45, 2.75) is 9.79 Å². The molecule has 0 N–H and O–H groups in total. The Morgan fingerprint density at radius 1 is 0.356 bits per heavy atom. The van der Waals surface area contributed by atoms with Gasteiger partial charge >= 0.3 is 0 Å². The number of para-hydroxylation sites is 3. The Morgan fingerprint density at radius 3 is 1.87 bits per heavy atom. The number of anilines is 3. The van der Waals surface area contributed by atoms with Crippen LogP contribution in [-0.4, -0.2) is 4.57 Å². The second-order valence-corrected chi connectivity index (χ2v) is 12.5. The van der Waals surface area contributed by atoms with E-state index in [1.54, 1.807) is 0 Å². The zero-order valence-electron chi connectivity index (χ0n) is 24.5. The Balaban J connectivity index is 1.17. The number of hydrogen-bond donors (Lipinski definition) is 0. The topological polar surface area (TPSA) is 8.17 Å². The van der Waals surface area contributed by atoms with Crippen LogP contribution in [0.25, 0.3) is 49.7 Å². The van der Waals surface area contributed by atoms with Gasteiger partial charge in [-0.15, -0.1) is 0 Å². The highest BCUT2D eigenvalue weighted by Gasteiger charge is 2.25. The Hall–Kier alpha value is -5.51. The first-order valence-electron chi connectivity index (χ1n) is 15.3. The van der Waals surface area contributed by atoms with Crippen LogP contribution in [0.4, 0.5) is 17.1 Å². The Bertz CT molecular complexity index is 2360. The van der Waals surface area contributed by atoms with E-state index in [0.717, 1.165) is 0 Å². The lowest BCUT2D eigenvalue weighted by molar-refractivity contribution is 1.17. The predicted molar refractivity (Wildman–Crippen MR) is 190 cm³/mol. The summed E-state index contributed by atoms with van der Waals surface area (Å²) < 4.78 is 2.40. The fourth-order valence-corrected chi connectivity index (χ4v) is 7.77. The number of hydrogen-bond acceptors (Lipinski definition) is 2. The number of rotatable bonds is 4. The molecule has 2 nitrogen and oxygen atoms in total. The fraction of sp³-hybridized carbons (Fsp3) is 0. The van der Waals surface area contributed by atoms with Crippen molar-refractivity contribution in [2.75, 3.05) is 4.90 Å². The third-order valence-corrected chi connectivity index (χ3v) is 9.87. The molecule has 45 heavy (non-hydrogen) atoms. The highest BCUT2D eigenvalue weighted by Crippen LogP contribution is 2.52. The van der Waals surface area contributed by atoms with Crippen molar-refractivity contribution in [1.82, 2.24) is 4.57 Å². The molecule has 9 rings (SSSR count). The van der Waals surface area contributed by atoms with Gasteiger partial charge in [0.25, 0.3) is 0 Å². The second-order valence-electron chi connectivity index (χ2n) is 11.4. The van der Waals surface area contributed by atoms with Crippen LogP contribution < -0.4 is 4.90 Å². The van der Waals surface area contributed by atoms with Crippen molar-refractivity contribution < 1.29 is 0 Å². The van der Waals surface area contributed by atoms with Gasteiger partial charge < -0.3 is 9.47 Å². The third-order valence-electron chi connectivity index (χ3n) is 8.76. The molecule has 1 aliphatic rings. The van der Waals surface area contributed by atoms with E-state index in [0.29, 0.717) is 0 Å². The first-order chi connectivity index (χ1) is 22.3. The summed E-state index contributed by atoms with van der Waals surface area (Å²) in [5, 5.41) is 2.52. The molecule has 0 amide bonds. The van der Waals surface area contributed by atoms with E-state index in [1.165, 1.54) is 76.6 Å². The summed E-state index contributed by atoms with van der Waals surface area (Å²) in [5.74, 6) is 0. The maximum Gasteiger partial charge on any atom is 0.0602 e. The summed E-state index contributed by atoms with van der Waals surface area (Å²) in [4.78, 5) is 4.91. The maximum atomic E-state index is 2.40. The molecule has 0 atom stereocenters. The minimum absolute atomic E-state index is 1.17. The van der Waals surface area contributed by atoms with Crippen molar-refractivity contribution in [3.8, 4) is 27.9 Å². The largest absolute Gasteiger partial charge is 0.309 e. The van der Waals surface area contributed by atoms with Crippen molar-refractivity contribution >= 4 is 50.6 Å². The summed E-state index contributed by atoms with van der Waals surface area (Å²) in [6, 6.07) is 61.4. The third kappa shape index (κ3) is 4.35. The molecule has 0 saturated carbocycles. The molecule has 0 radical (unpaired) electrons. The predicted octanol–water partition coefficient (Wildman–Crippen LogP) is 12.1. The van der Waals surface area contributed by atoms with Gasteiger partial charge in [-0.1, -0.05) is 115 Å². The molecule has 0 unspecified atom stereocenters. The van der Waals surface area contributed by atoms with Crippen LogP contribution in [0.2, 0.25) is 0 Å². The quantitative estimate of drug-likeness (QED) is 0.201. The average molecular weight is 593 g/mol. The van der Waals surface area contributed by atoms with Crippen LogP contribution in [0.3, 0.4) is 0 Å². The number of fused-ring (bicyclic) bond motifs is 5. The second kappa shape index (κ2) is 10.6. The molecule has 212 valence electrons. The minimum Gasteiger partial charge on any atom is -0.309 e. The lowest BCUT2D eigenvalue weighted by atomic mass is 10.0. The van der Waals surface area contributed by atoms with E-state index in [1.807, 2.05) is 11.8 Å². The van der Waals surface area contributed by atoms with Crippen LogP contribution in [0, 0.1) is 0 Å². The zero-order valence-corrected chi connectivity index (χ0v) is 25.3. The molecule has 1 aromatic heterocycles. The number of benzene rings is 7. The van der Waals surface area contributed by atoms with Crippen molar-refractivity contribution in [3.63, 3.8) is 0 Å². The maximum absolute atomic E-state index is 2.40. The molecule has 1 aliphatic heterocycles. The van der Waals surface area contributed by atoms with Gasteiger partial charge in [-0.05, 0) is 89.0 Å². The van der Waals surface area contributed by atoms with E-state index >= 15 is 0 Å². The van der Waals surface area contributed by atoms with Gasteiger partial charge in [0.05, 0.1) is 22.4 Å². The Kier molecular flexibility index (Phi) is 6.10. The highest BCUT2D eigenvalue weighted by molar-refractivity contribution is 7.99. The van der Waals surface area contributed by atoms with Crippen LogP contribution >= 0.6 is 11.8 Å². The van der Waals surface area contributed by atoms with E-state index < -0.39 is 0 Å². The van der Waals surface area contributed by atoms with Crippen LogP contribution in [0.5, 0.6) is 0 Å². The first-order valence-corrected chi connectivity index (χ1v) is 16.1. The van der Waals surface area contributed by atoms with Gasteiger partial charge in [0.1, 0.15) is 0 Å². The standard InChI is InChI=1S/C42H28N2S/c1-3-12-29(13-4-1)30-14-11-17-34(26-30)44-37-19-8-7-18-35(37)36-27-31(22-24-38(36)44)32-23-25-40-42(28-32)45-41-21-10-9-20-39(41)43(40)33-15-5-2-6-16-33/h1-28H. The van der Waals surface area contributed by atoms with Crippen molar-refractivity contribution in [1.29, 1.82) is 0 Å². The SMILES string of the molecule is c1ccc(-c2cccc(-n3c4ccccc4c4cc(-c5ccc6c(c5)Sc5ccccc5N6c5ccccc5)ccc43)c2)cc1. The van der Waals surface area contributed by atoms with Crippen LogP contribution in [0.1, 0.15) is 0 Å². The molecule has 2 heterocycles. The Morgan fingerprint density at radius 2 is 0.978 bits per heavy atom. The van der Waals surface area contributed by atoms with Crippen molar-refractivity contribution in [2.24, 2.45) is 0 Å². The first kappa shape index (κ1) is 25.9. The molecular weight excluding hydrogens is 565 g/mol. The van der Waals surface area contributed by atoms with Gasteiger partial charge in [-0.2, -0.15) is 0 Å². The van der Waals surface area contributed by atoms with Gasteiger partial charge in [0.15, 0.2) is 0 Å². The van der Waals surface area contributed by atoms with Crippen LogP contribution in [0.15, 0.2) is 180 Å². The van der Waals surface area contributed by atoms with Gasteiger partial charge in [-0.3, -0.25) is 0 Å². The summed E-state index contributed by atoms with van der Waals surface area (Å²) in [6.07, 6.45) is 0. The van der Waals surface area contributed by atoms with E-state index in [2.05, 4.69) is 179 Å². The Labute approximate surface area is 266 Å². The molecule has 7 aromatic carbocycles.